The summed E-state index contributed by atoms with van der Waals surface area (Å²) in [6.45, 7) is -0.548. The molecular weight excluding hydrogens is 200 g/mol. The lowest BCUT2D eigenvalue weighted by atomic mass is 10.2. The van der Waals surface area contributed by atoms with Crippen LogP contribution in [0.5, 0.6) is 5.19 Å². The molecule has 1 rings (SSSR count). The van der Waals surface area contributed by atoms with Gasteiger partial charge in [0.2, 0.25) is 0 Å². The van der Waals surface area contributed by atoms with E-state index in [0.717, 1.165) is 17.5 Å². The molecule has 1 aromatic rings. The molecule has 0 saturated carbocycles. The fourth-order valence-electron chi connectivity index (χ4n) is 0.785. The maximum atomic E-state index is 13.1. The highest BCUT2D eigenvalue weighted by molar-refractivity contribution is 7.13. The Bertz CT molecular complexity index is 277. The van der Waals surface area contributed by atoms with Crippen molar-refractivity contribution < 1.29 is 18.6 Å². The molecule has 1 N–H and O–H groups in total. The number of methoxy groups -OCH3 is 1. The number of hydrogen-bond acceptors (Lipinski definition) is 4. The van der Waals surface area contributed by atoms with Gasteiger partial charge in [-0.25, -0.2) is 13.8 Å². The fraction of sp³-hybridized carbons (Fsp3) is 0.571. The number of thiazole rings is 1. The van der Waals surface area contributed by atoms with Crippen molar-refractivity contribution in [3.05, 3.63) is 11.1 Å². The Morgan fingerprint density at radius 3 is 2.85 bits per heavy atom. The average Bonchev–Trinajstić information content (AvgIpc) is 2.52. The Labute approximate surface area is 78.0 Å². The van der Waals surface area contributed by atoms with E-state index in [4.69, 9.17) is 5.11 Å². The van der Waals surface area contributed by atoms with Crippen LogP contribution in [0, 0.1) is 0 Å². The maximum absolute atomic E-state index is 13.1. The van der Waals surface area contributed by atoms with Gasteiger partial charge < -0.3 is 9.84 Å². The first kappa shape index (κ1) is 10.3. The number of alkyl halides is 2. The second-order valence-corrected chi connectivity index (χ2v) is 3.37. The highest BCUT2D eigenvalue weighted by atomic mass is 32.1. The Hall–Kier alpha value is -0.750. The van der Waals surface area contributed by atoms with Gasteiger partial charge in [-0.15, -0.1) is 0 Å². The summed E-state index contributed by atoms with van der Waals surface area (Å²) >= 11 is 0.785. The van der Waals surface area contributed by atoms with Crippen LogP contribution in [0.25, 0.3) is 0 Å². The predicted octanol–water partition coefficient (Wildman–Crippen LogP) is 1.63. The van der Waals surface area contributed by atoms with Crippen LogP contribution in [0.2, 0.25) is 0 Å². The van der Waals surface area contributed by atoms with Crippen molar-refractivity contribution in [2.75, 3.05) is 13.7 Å². The lowest BCUT2D eigenvalue weighted by molar-refractivity contribution is -0.0235. The zero-order valence-electron chi connectivity index (χ0n) is 6.96. The molecule has 1 heterocycles. The summed E-state index contributed by atoms with van der Waals surface area (Å²) in [4.78, 5) is 3.44. The van der Waals surface area contributed by atoms with Crippen molar-refractivity contribution in [2.45, 2.75) is 12.3 Å². The van der Waals surface area contributed by atoms with Crippen LogP contribution in [-0.4, -0.2) is 23.8 Å². The first-order valence-corrected chi connectivity index (χ1v) is 4.41. The van der Waals surface area contributed by atoms with Gasteiger partial charge >= 0.3 is 0 Å². The van der Waals surface area contributed by atoms with Gasteiger partial charge in [0.05, 0.1) is 18.2 Å². The van der Waals surface area contributed by atoms with E-state index in [1.54, 1.807) is 0 Å². The number of nitrogens with zero attached hydrogens (tertiary/aromatic N) is 1. The molecule has 0 unspecified atom stereocenters. The Balaban J connectivity index is 2.80. The number of halogens is 2. The van der Waals surface area contributed by atoms with Crippen LogP contribution in [-0.2, 0) is 5.92 Å². The van der Waals surface area contributed by atoms with E-state index in [9.17, 15) is 8.78 Å². The van der Waals surface area contributed by atoms with E-state index in [2.05, 4.69) is 9.72 Å². The van der Waals surface area contributed by atoms with Gasteiger partial charge in [-0.1, -0.05) is 11.3 Å². The molecule has 0 spiro atoms. The van der Waals surface area contributed by atoms with Gasteiger partial charge in [-0.05, 0) is 0 Å². The van der Waals surface area contributed by atoms with Crippen molar-refractivity contribution in [1.29, 1.82) is 0 Å². The van der Waals surface area contributed by atoms with Gasteiger partial charge in [0, 0.05) is 13.0 Å². The van der Waals surface area contributed by atoms with Gasteiger partial charge in [-0.2, -0.15) is 0 Å². The summed E-state index contributed by atoms with van der Waals surface area (Å²) in [5.41, 5.74) is 0. The van der Waals surface area contributed by atoms with Crippen LogP contribution in [0.1, 0.15) is 11.3 Å². The molecule has 0 bridgehead atoms. The summed E-state index contributed by atoms with van der Waals surface area (Å²) in [6, 6.07) is 0. The van der Waals surface area contributed by atoms with E-state index in [0.29, 0.717) is 0 Å². The molecule has 0 fully saturated rings. The molecule has 0 aromatic carbocycles. The molecule has 0 aliphatic carbocycles. The molecule has 1 aromatic heterocycles. The number of rotatable bonds is 4. The quantitative estimate of drug-likeness (QED) is 0.819. The van der Waals surface area contributed by atoms with Crippen LogP contribution < -0.4 is 4.74 Å². The van der Waals surface area contributed by atoms with Crippen LogP contribution in [0.4, 0.5) is 8.78 Å². The molecule has 74 valence electrons. The standard InChI is InChI=1S/C7H9F2NO2S/c1-12-6-10-4-5(13-6)7(8,9)2-3-11/h4,11H,2-3H2,1H3. The lowest BCUT2D eigenvalue weighted by Crippen LogP contribution is -2.13. The maximum Gasteiger partial charge on any atom is 0.286 e. The topological polar surface area (TPSA) is 42.4 Å². The van der Waals surface area contributed by atoms with E-state index in [1.807, 2.05) is 0 Å². The summed E-state index contributed by atoms with van der Waals surface area (Å²) < 4.78 is 30.8. The summed E-state index contributed by atoms with van der Waals surface area (Å²) in [7, 11) is 1.37. The molecule has 0 aliphatic heterocycles. The zero-order chi connectivity index (χ0) is 9.90. The molecule has 3 nitrogen and oxygen atoms in total. The minimum Gasteiger partial charge on any atom is -0.473 e. The summed E-state index contributed by atoms with van der Waals surface area (Å²) in [5, 5.41) is 8.60. The van der Waals surface area contributed by atoms with Crippen LogP contribution >= 0.6 is 11.3 Å². The second-order valence-electron chi connectivity index (χ2n) is 2.37. The number of aliphatic hydroxyl groups is 1. The minimum atomic E-state index is -3.01. The molecule has 0 atom stereocenters. The smallest absolute Gasteiger partial charge is 0.286 e. The van der Waals surface area contributed by atoms with Crippen LogP contribution in [0.3, 0.4) is 0 Å². The number of aromatic nitrogens is 1. The number of hydrogen-bond donors (Lipinski definition) is 1. The highest BCUT2D eigenvalue weighted by Crippen LogP contribution is 2.37. The van der Waals surface area contributed by atoms with Crippen molar-refractivity contribution in [3.8, 4) is 5.19 Å². The van der Waals surface area contributed by atoms with E-state index in [-0.39, 0.29) is 10.1 Å². The highest BCUT2D eigenvalue weighted by Gasteiger charge is 2.33. The lowest BCUT2D eigenvalue weighted by Gasteiger charge is -2.11. The summed E-state index contributed by atoms with van der Waals surface area (Å²) in [6.07, 6.45) is 0.484. The monoisotopic (exact) mass is 209 g/mol. The molecule has 13 heavy (non-hydrogen) atoms. The normalized spacial score (nSPS) is 11.7. The van der Waals surface area contributed by atoms with E-state index in [1.165, 1.54) is 7.11 Å². The third-order valence-corrected chi connectivity index (χ3v) is 2.52. The van der Waals surface area contributed by atoms with Crippen molar-refractivity contribution in [1.82, 2.24) is 4.98 Å². The third kappa shape index (κ3) is 2.35. The molecule has 0 radical (unpaired) electrons. The largest absolute Gasteiger partial charge is 0.473 e. The first-order chi connectivity index (χ1) is 6.10. The van der Waals surface area contributed by atoms with Crippen LogP contribution in [0.15, 0.2) is 6.20 Å². The molecular formula is C7H9F2NO2S. The third-order valence-electron chi connectivity index (χ3n) is 1.45. The average molecular weight is 209 g/mol. The number of aliphatic hydroxyl groups excluding tert-OH is 1. The fourth-order valence-corrected chi connectivity index (χ4v) is 1.52. The zero-order valence-corrected chi connectivity index (χ0v) is 7.77. The van der Waals surface area contributed by atoms with E-state index < -0.39 is 19.0 Å². The van der Waals surface area contributed by atoms with Crippen molar-refractivity contribution in [2.24, 2.45) is 0 Å². The van der Waals surface area contributed by atoms with Crippen molar-refractivity contribution >= 4 is 11.3 Å². The van der Waals surface area contributed by atoms with Gasteiger partial charge in [0.1, 0.15) is 0 Å². The Morgan fingerprint density at radius 1 is 1.69 bits per heavy atom. The Kier molecular flexibility index (Phi) is 3.16. The predicted molar refractivity (Wildman–Crippen MR) is 44.3 cm³/mol. The molecule has 0 amide bonds. The second kappa shape index (κ2) is 3.97. The summed E-state index contributed by atoms with van der Waals surface area (Å²) in [5.74, 6) is -3.01. The molecule has 0 saturated heterocycles. The first-order valence-electron chi connectivity index (χ1n) is 3.59. The van der Waals surface area contributed by atoms with Gasteiger partial charge in [0.25, 0.3) is 11.1 Å². The van der Waals surface area contributed by atoms with Crippen molar-refractivity contribution in [3.63, 3.8) is 0 Å². The van der Waals surface area contributed by atoms with E-state index >= 15 is 0 Å². The van der Waals surface area contributed by atoms with Gasteiger partial charge in [0.15, 0.2) is 0 Å². The molecule has 6 heteroatoms. The number of ether oxygens (including phenoxy) is 1. The SMILES string of the molecule is COc1ncc(C(F)(F)CCO)s1. The molecule has 0 aliphatic rings. The Morgan fingerprint density at radius 2 is 2.38 bits per heavy atom. The van der Waals surface area contributed by atoms with Gasteiger partial charge in [-0.3, -0.25) is 0 Å². The minimum absolute atomic E-state index is 0.182.